The molecule has 1 aliphatic rings. The number of hydrogen-bond acceptors (Lipinski definition) is 2. The van der Waals surface area contributed by atoms with E-state index in [4.69, 9.17) is 16.3 Å². The molecular formula is C8H4BrClO2. The molecule has 1 atom stereocenters. The largest absolute Gasteiger partial charge is 0.470 e. The number of benzene rings is 1. The van der Waals surface area contributed by atoms with Crippen LogP contribution in [0.1, 0.15) is 10.4 Å². The Labute approximate surface area is 82.6 Å². The van der Waals surface area contributed by atoms with Gasteiger partial charge in [0.05, 0.1) is 5.56 Å². The SMILES string of the molecule is O=C1c2ccc(Cl)cc2OC1Br. The lowest BCUT2D eigenvalue weighted by Gasteiger charge is -1.98. The van der Waals surface area contributed by atoms with E-state index in [1.165, 1.54) is 0 Å². The van der Waals surface area contributed by atoms with E-state index < -0.39 is 5.01 Å². The summed E-state index contributed by atoms with van der Waals surface area (Å²) in [4.78, 5) is 11.3. The molecule has 1 aromatic carbocycles. The van der Waals surface area contributed by atoms with E-state index in [1.54, 1.807) is 18.2 Å². The fourth-order valence-electron chi connectivity index (χ4n) is 1.08. The van der Waals surface area contributed by atoms with Crippen molar-refractivity contribution in [1.82, 2.24) is 0 Å². The van der Waals surface area contributed by atoms with Gasteiger partial charge in [0.15, 0.2) is 0 Å². The Morgan fingerprint density at radius 2 is 2.25 bits per heavy atom. The molecule has 4 heteroatoms. The van der Waals surface area contributed by atoms with Crippen LogP contribution in [0, 0.1) is 0 Å². The molecule has 1 heterocycles. The molecule has 1 aromatic rings. The molecule has 1 aliphatic heterocycles. The third-order valence-corrected chi connectivity index (χ3v) is 2.48. The number of rotatable bonds is 0. The highest BCUT2D eigenvalue weighted by Gasteiger charge is 2.29. The van der Waals surface area contributed by atoms with E-state index in [-0.39, 0.29) is 5.78 Å². The molecule has 1 unspecified atom stereocenters. The van der Waals surface area contributed by atoms with E-state index in [0.717, 1.165) is 0 Å². The number of ketones is 1. The number of alkyl halides is 1. The number of Topliss-reactive ketones (excluding diaryl/α,β-unsaturated/α-hetero) is 1. The molecule has 2 rings (SSSR count). The molecule has 0 fully saturated rings. The number of carbonyl (C=O) groups excluding carboxylic acids is 1. The molecule has 2 nitrogen and oxygen atoms in total. The van der Waals surface area contributed by atoms with Crippen LogP contribution in [0.3, 0.4) is 0 Å². The molecule has 0 spiro atoms. The summed E-state index contributed by atoms with van der Waals surface area (Å²) in [5, 5.41) is 0.0223. The number of ether oxygens (including phenoxy) is 1. The topological polar surface area (TPSA) is 26.3 Å². The molecule has 62 valence electrons. The predicted octanol–water partition coefficient (Wildman–Crippen LogP) is 2.64. The molecule has 0 N–H and O–H groups in total. The number of halogens is 2. The lowest BCUT2D eigenvalue weighted by molar-refractivity contribution is 0.0942. The van der Waals surface area contributed by atoms with Crippen LogP contribution in [0.2, 0.25) is 5.02 Å². The third kappa shape index (κ3) is 1.13. The Morgan fingerprint density at radius 1 is 1.50 bits per heavy atom. The van der Waals surface area contributed by atoms with Gasteiger partial charge in [-0.25, -0.2) is 0 Å². The summed E-state index contributed by atoms with van der Waals surface area (Å²) in [5.41, 5.74) is 0.585. The fraction of sp³-hybridized carbons (Fsp3) is 0.125. The summed E-state index contributed by atoms with van der Waals surface area (Å²) in [6.07, 6.45) is 0. The van der Waals surface area contributed by atoms with Crippen molar-refractivity contribution in [2.45, 2.75) is 5.01 Å². The molecule has 0 saturated carbocycles. The van der Waals surface area contributed by atoms with Crippen molar-refractivity contribution in [3.63, 3.8) is 0 Å². The van der Waals surface area contributed by atoms with Crippen LogP contribution in [0.15, 0.2) is 18.2 Å². The fourth-order valence-corrected chi connectivity index (χ4v) is 1.69. The van der Waals surface area contributed by atoms with Crippen molar-refractivity contribution in [2.24, 2.45) is 0 Å². The van der Waals surface area contributed by atoms with Gasteiger partial charge in [-0.1, -0.05) is 11.6 Å². The summed E-state index contributed by atoms with van der Waals surface area (Å²) in [5.74, 6) is 0.496. The zero-order valence-electron chi connectivity index (χ0n) is 5.88. The summed E-state index contributed by atoms with van der Waals surface area (Å²) in [6.45, 7) is 0. The first-order valence-electron chi connectivity index (χ1n) is 3.33. The van der Waals surface area contributed by atoms with E-state index in [0.29, 0.717) is 16.3 Å². The van der Waals surface area contributed by atoms with Gasteiger partial charge in [-0.05, 0) is 34.1 Å². The highest BCUT2D eigenvalue weighted by atomic mass is 79.9. The average molecular weight is 247 g/mol. The van der Waals surface area contributed by atoms with Crippen molar-refractivity contribution < 1.29 is 9.53 Å². The predicted molar refractivity (Wildman–Crippen MR) is 49.1 cm³/mol. The van der Waals surface area contributed by atoms with E-state index >= 15 is 0 Å². The van der Waals surface area contributed by atoms with Crippen molar-refractivity contribution in [3.8, 4) is 5.75 Å². The van der Waals surface area contributed by atoms with Gasteiger partial charge in [0, 0.05) is 5.02 Å². The first kappa shape index (κ1) is 8.08. The molecular weight excluding hydrogens is 243 g/mol. The summed E-state index contributed by atoms with van der Waals surface area (Å²) in [6, 6.07) is 4.98. The maximum absolute atomic E-state index is 11.3. The van der Waals surface area contributed by atoms with Crippen LogP contribution in [0.5, 0.6) is 5.75 Å². The second-order valence-corrected chi connectivity index (χ2v) is 3.71. The van der Waals surface area contributed by atoms with Crippen LogP contribution in [0.25, 0.3) is 0 Å². The first-order valence-corrected chi connectivity index (χ1v) is 4.62. The van der Waals surface area contributed by atoms with Gasteiger partial charge in [-0.3, -0.25) is 4.79 Å². The normalized spacial score (nSPS) is 20.5. The lowest BCUT2D eigenvalue weighted by atomic mass is 10.1. The summed E-state index contributed by atoms with van der Waals surface area (Å²) in [7, 11) is 0. The third-order valence-electron chi connectivity index (χ3n) is 1.65. The number of fused-ring (bicyclic) bond motifs is 1. The number of carbonyl (C=O) groups is 1. The Balaban J connectivity index is 2.54. The Hall–Kier alpha value is -0.540. The minimum atomic E-state index is -0.550. The smallest absolute Gasteiger partial charge is 0.218 e. The minimum absolute atomic E-state index is 0.0540. The summed E-state index contributed by atoms with van der Waals surface area (Å²) < 4.78 is 5.18. The van der Waals surface area contributed by atoms with Gasteiger partial charge in [0.25, 0.3) is 0 Å². The number of hydrogen-bond donors (Lipinski definition) is 0. The van der Waals surface area contributed by atoms with Crippen LogP contribution in [-0.4, -0.2) is 10.8 Å². The van der Waals surface area contributed by atoms with Crippen LogP contribution < -0.4 is 4.74 Å². The van der Waals surface area contributed by atoms with Crippen molar-refractivity contribution >= 4 is 33.3 Å². The van der Waals surface area contributed by atoms with Gasteiger partial charge in [0.1, 0.15) is 5.75 Å². The van der Waals surface area contributed by atoms with Crippen molar-refractivity contribution in [3.05, 3.63) is 28.8 Å². The summed E-state index contributed by atoms with van der Waals surface area (Å²) >= 11 is 8.81. The standard InChI is InChI=1S/C8H4BrClO2/c9-8-7(11)5-2-1-4(10)3-6(5)12-8/h1-3,8H. The van der Waals surface area contributed by atoms with Gasteiger partial charge >= 0.3 is 0 Å². The average Bonchev–Trinajstić information content (AvgIpc) is 2.28. The molecule has 0 aliphatic carbocycles. The van der Waals surface area contributed by atoms with Crippen LogP contribution in [-0.2, 0) is 0 Å². The van der Waals surface area contributed by atoms with E-state index in [9.17, 15) is 4.79 Å². The maximum atomic E-state index is 11.3. The molecule has 0 aromatic heterocycles. The van der Waals surface area contributed by atoms with Crippen LogP contribution in [0.4, 0.5) is 0 Å². The second-order valence-electron chi connectivity index (χ2n) is 2.44. The zero-order valence-corrected chi connectivity index (χ0v) is 8.22. The zero-order chi connectivity index (χ0) is 8.72. The molecule has 0 saturated heterocycles. The second kappa shape index (κ2) is 2.75. The van der Waals surface area contributed by atoms with Crippen molar-refractivity contribution in [1.29, 1.82) is 0 Å². The Bertz CT molecular complexity index is 351. The maximum Gasteiger partial charge on any atom is 0.218 e. The Kier molecular flexibility index (Phi) is 1.85. The van der Waals surface area contributed by atoms with Gasteiger partial charge in [-0.2, -0.15) is 0 Å². The molecule has 0 bridgehead atoms. The highest BCUT2D eigenvalue weighted by Crippen LogP contribution is 2.33. The van der Waals surface area contributed by atoms with E-state index in [1.807, 2.05) is 0 Å². The van der Waals surface area contributed by atoms with E-state index in [2.05, 4.69) is 15.9 Å². The molecule has 12 heavy (non-hydrogen) atoms. The Morgan fingerprint density at radius 3 is 3.00 bits per heavy atom. The van der Waals surface area contributed by atoms with Gasteiger partial charge in [0.2, 0.25) is 10.8 Å². The highest BCUT2D eigenvalue weighted by molar-refractivity contribution is 9.09. The van der Waals surface area contributed by atoms with Gasteiger partial charge in [-0.15, -0.1) is 0 Å². The monoisotopic (exact) mass is 246 g/mol. The lowest BCUT2D eigenvalue weighted by Crippen LogP contribution is -2.10. The van der Waals surface area contributed by atoms with Crippen molar-refractivity contribution in [2.75, 3.05) is 0 Å². The van der Waals surface area contributed by atoms with Gasteiger partial charge < -0.3 is 4.74 Å². The first-order chi connectivity index (χ1) is 5.68. The quantitative estimate of drug-likeness (QED) is 0.659. The van der Waals surface area contributed by atoms with Crippen LogP contribution >= 0.6 is 27.5 Å². The molecule has 0 radical (unpaired) electrons. The molecule has 0 amide bonds. The minimum Gasteiger partial charge on any atom is -0.470 e.